The average Bonchev–Trinajstić information content (AvgIpc) is 2.05. The Morgan fingerprint density at radius 1 is 1.25 bits per heavy atom. The van der Waals surface area contributed by atoms with Gasteiger partial charge in [-0.05, 0) is 30.0 Å². The number of aromatic hydroxyl groups is 1. The monoisotopic (exact) mass is 158 g/mol. The fraction of sp³-hybridized carbons (Fsp3) is 0.400. The van der Waals surface area contributed by atoms with Crippen LogP contribution in [-0.4, -0.2) is 24.0 Å². The predicted octanol–water partition coefficient (Wildman–Crippen LogP) is 2.26. The van der Waals surface area contributed by atoms with Crippen LogP contribution in [0.2, 0.25) is 0 Å². The van der Waals surface area contributed by atoms with Crippen LogP contribution >= 0.6 is 0 Å². The molecule has 1 aromatic carbocycles. The van der Waals surface area contributed by atoms with E-state index in [2.05, 4.69) is 13.8 Å². The molecule has 1 aromatic rings. The minimum absolute atomic E-state index is 0. The van der Waals surface area contributed by atoms with E-state index >= 15 is 0 Å². The van der Waals surface area contributed by atoms with E-state index in [0.717, 1.165) is 6.42 Å². The van der Waals surface area contributed by atoms with Gasteiger partial charge in [-0.2, -0.15) is 0 Å². The summed E-state index contributed by atoms with van der Waals surface area (Å²) in [7, 11) is 0. The molecular formula is C10H15LiO. The molecule has 0 radical (unpaired) electrons. The summed E-state index contributed by atoms with van der Waals surface area (Å²) in [6.07, 6.45) is 1.14. The molecule has 2 heteroatoms. The van der Waals surface area contributed by atoms with Gasteiger partial charge < -0.3 is 5.11 Å². The Labute approximate surface area is 86.0 Å². The molecule has 62 valence electrons. The van der Waals surface area contributed by atoms with Crippen LogP contribution < -0.4 is 0 Å². The molecule has 0 saturated carbocycles. The third-order valence-corrected chi connectivity index (χ3v) is 2.07. The van der Waals surface area contributed by atoms with Crippen molar-refractivity contribution >= 4 is 18.9 Å². The molecule has 1 N–H and O–H groups in total. The van der Waals surface area contributed by atoms with Crippen molar-refractivity contribution in [3.8, 4) is 5.75 Å². The molecule has 0 spiro atoms. The second kappa shape index (κ2) is 5.30. The van der Waals surface area contributed by atoms with Gasteiger partial charge in [0.1, 0.15) is 5.75 Å². The normalized spacial score (nSPS) is 11.8. The average molecular weight is 158 g/mol. The number of phenolic OH excluding ortho intramolecular Hbond substituents is 1. The Balaban J connectivity index is 0.00000121. The Hall–Kier alpha value is -0.383. The topological polar surface area (TPSA) is 20.2 Å². The summed E-state index contributed by atoms with van der Waals surface area (Å²) in [6.45, 7) is 4.35. The van der Waals surface area contributed by atoms with E-state index in [9.17, 15) is 0 Å². The zero-order valence-corrected chi connectivity index (χ0v) is 7.04. The molecule has 1 unspecified atom stereocenters. The summed E-state index contributed by atoms with van der Waals surface area (Å²) in [5.74, 6) is 0.938. The fourth-order valence-electron chi connectivity index (χ4n) is 1.04. The molecule has 0 aromatic heterocycles. The van der Waals surface area contributed by atoms with Crippen molar-refractivity contribution in [3.63, 3.8) is 0 Å². The van der Waals surface area contributed by atoms with Crippen molar-refractivity contribution in [1.82, 2.24) is 0 Å². The van der Waals surface area contributed by atoms with Crippen LogP contribution in [0.3, 0.4) is 0 Å². The zero-order valence-electron chi connectivity index (χ0n) is 7.04. The van der Waals surface area contributed by atoms with Crippen molar-refractivity contribution in [3.05, 3.63) is 29.8 Å². The second-order valence-electron chi connectivity index (χ2n) is 2.90. The third-order valence-electron chi connectivity index (χ3n) is 2.07. The van der Waals surface area contributed by atoms with Crippen LogP contribution in [0.4, 0.5) is 0 Å². The maximum atomic E-state index is 9.01. The maximum absolute atomic E-state index is 9.01. The van der Waals surface area contributed by atoms with Gasteiger partial charge in [0.2, 0.25) is 0 Å². The summed E-state index contributed by atoms with van der Waals surface area (Å²) >= 11 is 0. The summed E-state index contributed by atoms with van der Waals surface area (Å²) in [4.78, 5) is 0. The molecule has 1 atom stereocenters. The second-order valence-corrected chi connectivity index (χ2v) is 2.90. The Kier molecular flexibility index (Phi) is 5.13. The van der Waals surface area contributed by atoms with Gasteiger partial charge in [-0.3, -0.25) is 0 Å². The van der Waals surface area contributed by atoms with Crippen molar-refractivity contribution in [1.29, 1.82) is 0 Å². The van der Waals surface area contributed by atoms with E-state index in [1.54, 1.807) is 12.1 Å². The zero-order chi connectivity index (χ0) is 8.27. The number of phenols is 1. The van der Waals surface area contributed by atoms with Crippen molar-refractivity contribution < 1.29 is 5.11 Å². The minimum atomic E-state index is 0. The number of benzene rings is 1. The fourth-order valence-corrected chi connectivity index (χ4v) is 1.04. The molecule has 0 fully saturated rings. The Morgan fingerprint density at radius 2 is 1.75 bits per heavy atom. The SMILES string of the molecule is CCC(C)c1ccc(O)cc1.[LiH]. The Morgan fingerprint density at radius 3 is 2.17 bits per heavy atom. The van der Waals surface area contributed by atoms with Crippen LogP contribution in [0.15, 0.2) is 24.3 Å². The molecule has 0 bridgehead atoms. The van der Waals surface area contributed by atoms with E-state index in [1.807, 2.05) is 12.1 Å². The van der Waals surface area contributed by atoms with Gasteiger partial charge in [-0.25, -0.2) is 0 Å². The molecule has 0 aliphatic heterocycles. The molecule has 0 aliphatic rings. The number of rotatable bonds is 2. The van der Waals surface area contributed by atoms with Gasteiger partial charge in [-0.15, -0.1) is 0 Å². The van der Waals surface area contributed by atoms with Crippen molar-refractivity contribution in [2.24, 2.45) is 0 Å². The van der Waals surface area contributed by atoms with Gasteiger partial charge >= 0.3 is 18.9 Å². The standard InChI is InChI=1S/C10H14O.Li.H/c1-3-8(2)9-4-6-10(11)7-5-9;;/h4-8,11H,3H2,1-2H3;;. The summed E-state index contributed by atoms with van der Waals surface area (Å²) in [5.41, 5.74) is 1.30. The van der Waals surface area contributed by atoms with Crippen molar-refractivity contribution in [2.45, 2.75) is 26.2 Å². The Bertz CT molecular complexity index is 218. The van der Waals surface area contributed by atoms with Crippen LogP contribution in [0.5, 0.6) is 5.75 Å². The summed E-state index contributed by atoms with van der Waals surface area (Å²) < 4.78 is 0. The van der Waals surface area contributed by atoms with Gasteiger partial charge in [0.05, 0.1) is 0 Å². The van der Waals surface area contributed by atoms with Crippen LogP contribution in [0.1, 0.15) is 31.7 Å². The van der Waals surface area contributed by atoms with Gasteiger partial charge in [0.25, 0.3) is 0 Å². The predicted molar refractivity (Wildman–Crippen MR) is 54.0 cm³/mol. The first-order chi connectivity index (χ1) is 5.24. The van der Waals surface area contributed by atoms with E-state index < -0.39 is 0 Å². The molecular weight excluding hydrogens is 143 g/mol. The van der Waals surface area contributed by atoms with Crippen LogP contribution in [0, 0.1) is 0 Å². The molecule has 1 rings (SSSR count). The van der Waals surface area contributed by atoms with E-state index in [0.29, 0.717) is 11.7 Å². The van der Waals surface area contributed by atoms with E-state index in [-0.39, 0.29) is 18.9 Å². The third kappa shape index (κ3) is 2.93. The first-order valence-corrected chi connectivity index (χ1v) is 4.03. The van der Waals surface area contributed by atoms with E-state index in [1.165, 1.54) is 5.56 Å². The summed E-state index contributed by atoms with van der Waals surface area (Å²) in [5, 5.41) is 9.01. The molecule has 12 heavy (non-hydrogen) atoms. The molecule has 0 aliphatic carbocycles. The number of hydrogen-bond acceptors (Lipinski definition) is 1. The van der Waals surface area contributed by atoms with Crippen LogP contribution in [-0.2, 0) is 0 Å². The number of hydrogen-bond donors (Lipinski definition) is 1. The quantitative estimate of drug-likeness (QED) is 0.654. The molecule has 1 nitrogen and oxygen atoms in total. The first-order valence-electron chi connectivity index (χ1n) is 4.03. The molecule has 0 amide bonds. The van der Waals surface area contributed by atoms with Gasteiger partial charge in [0.15, 0.2) is 0 Å². The molecule has 0 heterocycles. The van der Waals surface area contributed by atoms with E-state index in [4.69, 9.17) is 5.11 Å². The van der Waals surface area contributed by atoms with Crippen molar-refractivity contribution in [2.75, 3.05) is 0 Å². The first kappa shape index (κ1) is 11.6. The van der Waals surface area contributed by atoms with Crippen LogP contribution in [0.25, 0.3) is 0 Å². The molecule has 0 saturated heterocycles. The van der Waals surface area contributed by atoms with Gasteiger partial charge in [-0.1, -0.05) is 26.0 Å². The summed E-state index contributed by atoms with van der Waals surface area (Å²) in [6, 6.07) is 7.43. The van der Waals surface area contributed by atoms with Gasteiger partial charge in [0, 0.05) is 0 Å².